The van der Waals surface area contributed by atoms with Crippen molar-refractivity contribution < 1.29 is 13.2 Å². The molecule has 2 aromatic carbocycles. The van der Waals surface area contributed by atoms with Crippen LogP contribution in [-0.2, 0) is 6.18 Å². The molecule has 0 aliphatic rings. The largest absolute Gasteiger partial charge is 0.416 e. The Kier molecular flexibility index (Phi) is 5.26. The minimum Gasteiger partial charge on any atom is -0.305 e. The highest BCUT2D eigenvalue weighted by Gasteiger charge is 2.29. The van der Waals surface area contributed by atoms with Crippen molar-refractivity contribution in [3.63, 3.8) is 0 Å². The van der Waals surface area contributed by atoms with Gasteiger partial charge in [-0.05, 0) is 36.3 Å². The minimum atomic E-state index is -4.41. The zero-order valence-electron chi connectivity index (χ0n) is 15.5. The van der Waals surface area contributed by atoms with Crippen molar-refractivity contribution in [3.8, 4) is 11.1 Å². The number of aryl methyl sites for hydroxylation is 1. The van der Waals surface area contributed by atoms with E-state index < -0.39 is 11.7 Å². The molecule has 152 valence electrons. The van der Waals surface area contributed by atoms with Crippen LogP contribution in [0.15, 0.2) is 59.4 Å². The van der Waals surface area contributed by atoms with Gasteiger partial charge >= 0.3 is 6.18 Å². The van der Waals surface area contributed by atoms with Gasteiger partial charge in [-0.15, -0.1) is 11.3 Å². The van der Waals surface area contributed by atoms with Crippen molar-refractivity contribution in [1.29, 1.82) is 0 Å². The first kappa shape index (κ1) is 20.4. The Morgan fingerprint density at radius 1 is 1.10 bits per heavy atom. The van der Waals surface area contributed by atoms with Crippen molar-refractivity contribution in [2.24, 2.45) is 0 Å². The number of rotatable bonds is 3. The predicted molar refractivity (Wildman–Crippen MR) is 116 cm³/mol. The van der Waals surface area contributed by atoms with Gasteiger partial charge in [0.25, 0.3) is 5.56 Å². The molecule has 0 amide bonds. The highest BCUT2D eigenvalue weighted by Crippen LogP contribution is 2.36. The zero-order valence-corrected chi connectivity index (χ0v) is 17.1. The van der Waals surface area contributed by atoms with Crippen LogP contribution < -0.4 is 5.56 Å². The minimum absolute atomic E-state index is 0.126. The molecule has 0 aliphatic heterocycles. The number of aromatic amines is 1. The van der Waals surface area contributed by atoms with E-state index in [-0.39, 0.29) is 16.4 Å². The van der Waals surface area contributed by atoms with Crippen LogP contribution in [0.1, 0.15) is 21.8 Å². The van der Waals surface area contributed by atoms with E-state index in [1.807, 2.05) is 37.3 Å². The number of alkyl halides is 3. The lowest BCUT2D eigenvalue weighted by molar-refractivity contribution is -0.137. The summed E-state index contributed by atoms with van der Waals surface area (Å²) in [6.07, 6.45) is -2.94. The molecule has 0 spiro atoms. The molecule has 4 aromatic rings. The van der Waals surface area contributed by atoms with Gasteiger partial charge < -0.3 is 4.98 Å². The molecule has 0 bridgehead atoms. The SMILES string of the molecule is Cc1sc2nc(/C(Cl)=C/c3ccc(C(F)(F)F)cc3)[nH]c(=O)c2c1-c1ccccc1. The van der Waals surface area contributed by atoms with E-state index in [4.69, 9.17) is 11.6 Å². The monoisotopic (exact) mass is 446 g/mol. The summed E-state index contributed by atoms with van der Waals surface area (Å²) in [6, 6.07) is 14.1. The molecule has 0 radical (unpaired) electrons. The quantitative estimate of drug-likeness (QED) is 0.380. The van der Waals surface area contributed by atoms with E-state index in [0.29, 0.717) is 15.8 Å². The average Bonchev–Trinajstić information content (AvgIpc) is 3.04. The topological polar surface area (TPSA) is 45.8 Å². The van der Waals surface area contributed by atoms with Gasteiger partial charge in [0.15, 0.2) is 5.82 Å². The summed E-state index contributed by atoms with van der Waals surface area (Å²) in [7, 11) is 0. The van der Waals surface area contributed by atoms with Crippen LogP contribution in [-0.4, -0.2) is 9.97 Å². The van der Waals surface area contributed by atoms with Crippen LogP contribution in [0, 0.1) is 6.92 Å². The Morgan fingerprint density at radius 3 is 2.40 bits per heavy atom. The highest BCUT2D eigenvalue weighted by atomic mass is 35.5. The van der Waals surface area contributed by atoms with Gasteiger partial charge in [0.2, 0.25) is 0 Å². The van der Waals surface area contributed by atoms with Crippen LogP contribution in [0.3, 0.4) is 0 Å². The fourth-order valence-electron chi connectivity index (χ4n) is 3.17. The molecular weight excluding hydrogens is 433 g/mol. The van der Waals surface area contributed by atoms with Crippen LogP contribution >= 0.6 is 22.9 Å². The zero-order chi connectivity index (χ0) is 21.5. The molecule has 0 saturated carbocycles. The molecule has 0 aliphatic carbocycles. The van der Waals surface area contributed by atoms with E-state index in [1.165, 1.54) is 29.5 Å². The first-order valence-corrected chi connectivity index (χ1v) is 10.1. The number of fused-ring (bicyclic) bond motifs is 1. The Hall–Kier alpha value is -2.90. The summed E-state index contributed by atoms with van der Waals surface area (Å²) in [5, 5.41) is 0.618. The van der Waals surface area contributed by atoms with Gasteiger partial charge in [-0.1, -0.05) is 54.1 Å². The van der Waals surface area contributed by atoms with Gasteiger partial charge in [0.1, 0.15) is 4.83 Å². The van der Waals surface area contributed by atoms with E-state index in [0.717, 1.165) is 28.1 Å². The summed E-state index contributed by atoms with van der Waals surface area (Å²) in [6.45, 7) is 1.92. The van der Waals surface area contributed by atoms with Crippen LogP contribution in [0.2, 0.25) is 0 Å². The normalized spacial score (nSPS) is 12.5. The molecular formula is C22H14ClF3N2OS. The Balaban J connectivity index is 1.75. The summed E-state index contributed by atoms with van der Waals surface area (Å²) >= 11 is 7.71. The van der Waals surface area contributed by atoms with E-state index >= 15 is 0 Å². The van der Waals surface area contributed by atoms with Crippen molar-refractivity contribution in [1.82, 2.24) is 9.97 Å². The Labute approximate surface area is 178 Å². The molecule has 2 heterocycles. The van der Waals surface area contributed by atoms with Gasteiger partial charge in [-0.25, -0.2) is 4.98 Å². The van der Waals surface area contributed by atoms with E-state index in [1.54, 1.807) is 0 Å². The molecule has 30 heavy (non-hydrogen) atoms. The third kappa shape index (κ3) is 3.91. The van der Waals surface area contributed by atoms with Gasteiger partial charge in [-0.3, -0.25) is 4.79 Å². The van der Waals surface area contributed by atoms with Crippen molar-refractivity contribution in [3.05, 3.63) is 86.8 Å². The van der Waals surface area contributed by atoms with Crippen LogP contribution in [0.5, 0.6) is 0 Å². The lowest BCUT2D eigenvalue weighted by atomic mass is 10.0. The fraction of sp³-hybridized carbons (Fsp3) is 0.0909. The Morgan fingerprint density at radius 2 is 1.77 bits per heavy atom. The third-order valence-electron chi connectivity index (χ3n) is 4.56. The number of H-pyrrole nitrogens is 1. The van der Waals surface area contributed by atoms with Gasteiger partial charge in [0, 0.05) is 10.4 Å². The Bertz CT molecular complexity index is 1310. The molecule has 0 saturated heterocycles. The first-order valence-electron chi connectivity index (χ1n) is 8.87. The molecule has 1 N–H and O–H groups in total. The van der Waals surface area contributed by atoms with E-state index in [2.05, 4.69) is 9.97 Å². The third-order valence-corrected chi connectivity index (χ3v) is 5.85. The first-order chi connectivity index (χ1) is 14.2. The molecule has 0 atom stereocenters. The standard InChI is InChI=1S/C22H14ClF3N2OS/c1-12-17(14-5-3-2-4-6-14)18-20(29)27-19(28-21(18)30-12)16(23)11-13-7-9-15(10-8-13)22(24,25)26/h2-11H,1H3,(H,27,28,29)/b16-11-. The van der Waals surface area contributed by atoms with E-state index in [9.17, 15) is 18.0 Å². The van der Waals surface area contributed by atoms with Gasteiger partial charge in [-0.2, -0.15) is 13.2 Å². The maximum Gasteiger partial charge on any atom is 0.416 e. The number of nitrogens with zero attached hydrogens (tertiary/aromatic N) is 1. The maximum absolute atomic E-state index is 12.8. The number of nitrogens with one attached hydrogen (secondary N) is 1. The summed E-state index contributed by atoms with van der Waals surface area (Å²) < 4.78 is 38.1. The number of aromatic nitrogens is 2. The molecule has 2 aromatic heterocycles. The molecule has 8 heteroatoms. The number of thiophene rings is 1. The second-order valence-electron chi connectivity index (χ2n) is 6.61. The molecule has 4 rings (SSSR count). The van der Waals surface area contributed by atoms with Crippen LogP contribution in [0.4, 0.5) is 13.2 Å². The number of hydrogen-bond donors (Lipinski definition) is 1. The number of halogens is 4. The van der Waals surface area contributed by atoms with Gasteiger partial charge in [0.05, 0.1) is 16.0 Å². The fourth-order valence-corrected chi connectivity index (χ4v) is 4.43. The lowest BCUT2D eigenvalue weighted by Crippen LogP contribution is -2.10. The summed E-state index contributed by atoms with van der Waals surface area (Å²) in [5.41, 5.74) is 1.15. The average molecular weight is 447 g/mol. The number of benzene rings is 2. The number of hydrogen-bond acceptors (Lipinski definition) is 3. The maximum atomic E-state index is 12.8. The van der Waals surface area contributed by atoms with Crippen molar-refractivity contribution in [2.45, 2.75) is 13.1 Å². The highest BCUT2D eigenvalue weighted by molar-refractivity contribution is 7.19. The summed E-state index contributed by atoms with van der Waals surface area (Å²) in [5.74, 6) is 0.162. The lowest BCUT2D eigenvalue weighted by Gasteiger charge is -2.06. The second-order valence-corrected chi connectivity index (χ2v) is 8.22. The smallest absolute Gasteiger partial charge is 0.305 e. The molecule has 0 unspecified atom stereocenters. The van der Waals surface area contributed by atoms with Crippen molar-refractivity contribution in [2.75, 3.05) is 0 Å². The summed E-state index contributed by atoms with van der Waals surface area (Å²) in [4.78, 5) is 21.5. The molecule has 3 nitrogen and oxygen atoms in total. The van der Waals surface area contributed by atoms with Crippen molar-refractivity contribution >= 4 is 44.3 Å². The second kappa shape index (κ2) is 7.74. The molecule has 0 fully saturated rings. The predicted octanol–water partition coefficient (Wildman–Crippen LogP) is 6.72. The van der Waals surface area contributed by atoms with Crippen LogP contribution in [0.25, 0.3) is 32.5 Å².